The van der Waals surface area contributed by atoms with Crippen molar-refractivity contribution in [3.8, 4) is 5.75 Å². The quantitative estimate of drug-likeness (QED) is 0.508. The monoisotopic (exact) mass is 418 g/mol. The molecule has 0 spiro atoms. The minimum Gasteiger partial charge on any atom is -0.496 e. The van der Waals surface area contributed by atoms with Crippen molar-refractivity contribution in [1.29, 1.82) is 0 Å². The number of carbonyl (C=O) groups excluding carboxylic acids is 2. The summed E-state index contributed by atoms with van der Waals surface area (Å²) in [7, 11) is 1.61. The fourth-order valence-corrected chi connectivity index (χ4v) is 3.07. The third-order valence-electron chi connectivity index (χ3n) is 4.72. The number of carbonyl (C=O) groups is 2. The number of aryl methyl sites for hydroxylation is 1. The summed E-state index contributed by atoms with van der Waals surface area (Å²) in [5.41, 5.74) is 3.99. The summed E-state index contributed by atoms with van der Waals surface area (Å²) in [6.07, 6.45) is 0.618. The summed E-state index contributed by atoms with van der Waals surface area (Å²) >= 11 is 0. The fraction of sp³-hybridized carbons (Fsp3) is 0.200. The van der Waals surface area contributed by atoms with Gasteiger partial charge in [0.1, 0.15) is 5.75 Å². The second kappa shape index (κ2) is 10.8. The number of methoxy groups -OCH3 is 1. The van der Waals surface area contributed by atoms with Crippen molar-refractivity contribution >= 4 is 23.3 Å². The predicted octanol–water partition coefficient (Wildman–Crippen LogP) is 4.26. The smallest absolute Gasteiger partial charge is 0.340 e. The SMILES string of the molecule is COc1ccccc1CCNC(=O)COC(=O)c1ccccc1Nc1ccc(C)cc1. The van der Waals surface area contributed by atoms with Crippen molar-refractivity contribution in [2.45, 2.75) is 13.3 Å². The number of benzene rings is 3. The molecule has 6 heteroatoms. The van der Waals surface area contributed by atoms with Gasteiger partial charge in [0.15, 0.2) is 6.61 Å². The zero-order chi connectivity index (χ0) is 22.1. The van der Waals surface area contributed by atoms with Crippen LogP contribution in [-0.2, 0) is 16.0 Å². The minimum atomic E-state index is -0.560. The lowest BCUT2D eigenvalue weighted by Gasteiger charge is -2.12. The average Bonchev–Trinajstić information content (AvgIpc) is 2.79. The van der Waals surface area contributed by atoms with Gasteiger partial charge in [-0.3, -0.25) is 4.79 Å². The maximum absolute atomic E-state index is 12.5. The van der Waals surface area contributed by atoms with Crippen molar-refractivity contribution in [2.75, 3.05) is 25.6 Å². The van der Waals surface area contributed by atoms with E-state index in [0.717, 1.165) is 22.6 Å². The van der Waals surface area contributed by atoms with Crippen LogP contribution in [0.25, 0.3) is 0 Å². The molecule has 160 valence electrons. The second-order valence-electron chi connectivity index (χ2n) is 7.02. The highest BCUT2D eigenvalue weighted by Crippen LogP contribution is 2.22. The second-order valence-corrected chi connectivity index (χ2v) is 7.02. The molecule has 3 rings (SSSR count). The Bertz CT molecular complexity index is 1030. The van der Waals surface area contributed by atoms with Crippen LogP contribution in [0.3, 0.4) is 0 Å². The Hall–Kier alpha value is -3.80. The standard InChI is InChI=1S/C25H26N2O4/c1-18-11-13-20(14-12-18)27-22-9-5-4-8-21(22)25(29)31-17-24(28)26-16-15-19-7-3-6-10-23(19)30-2/h3-14,27H,15-17H2,1-2H3,(H,26,28). The minimum absolute atomic E-state index is 0.344. The first-order valence-electron chi connectivity index (χ1n) is 10.1. The third-order valence-corrected chi connectivity index (χ3v) is 4.72. The van der Waals surface area contributed by atoms with Gasteiger partial charge >= 0.3 is 5.97 Å². The molecule has 3 aromatic carbocycles. The number of hydrogen-bond donors (Lipinski definition) is 2. The molecule has 3 aromatic rings. The molecular weight excluding hydrogens is 392 g/mol. The zero-order valence-corrected chi connectivity index (χ0v) is 17.7. The van der Waals surface area contributed by atoms with Crippen LogP contribution in [0, 0.1) is 6.92 Å². The van der Waals surface area contributed by atoms with Crippen molar-refractivity contribution in [3.05, 3.63) is 89.5 Å². The average molecular weight is 418 g/mol. The summed E-state index contributed by atoms with van der Waals surface area (Å²) in [4.78, 5) is 24.6. The molecule has 0 fully saturated rings. The molecule has 0 atom stereocenters. The molecule has 2 N–H and O–H groups in total. The van der Waals surface area contributed by atoms with Gasteiger partial charge in [-0.15, -0.1) is 0 Å². The molecule has 0 unspecified atom stereocenters. The van der Waals surface area contributed by atoms with Gasteiger partial charge in [0.2, 0.25) is 0 Å². The first-order chi connectivity index (χ1) is 15.1. The van der Waals surface area contributed by atoms with E-state index in [2.05, 4.69) is 10.6 Å². The molecule has 1 amide bonds. The molecule has 0 saturated heterocycles. The highest BCUT2D eigenvalue weighted by Gasteiger charge is 2.14. The Morgan fingerprint density at radius 2 is 1.61 bits per heavy atom. The van der Waals surface area contributed by atoms with E-state index in [1.54, 1.807) is 25.3 Å². The van der Waals surface area contributed by atoms with Crippen LogP contribution in [0.5, 0.6) is 5.75 Å². The molecule has 0 radical (unpaired) electrons. The summed E-state index contributed by atoms with van der Waals surface area (Å²) in [5, 5.41) is 5.98. The largest absolute Gasteiger partial charge is 0.496 e. The maximum Gasteiger partial charge on any atom is 0.340 e. The number of esters is 1. The number of rotatable bonds is 9. The molecule has 0 saturated carbocycles. The van der Waals surface area contributed by atoms with Crippen molar-refractivity contribution in [1.82, 2.24) is 5.32 Å². The Labute approximate surface area is 182 Å². The van der Waals surface area contributed by atoms with E-state index < -0.39 is 5.97 Å². The number of nitrogens with one attached hydrogen (secondary N) is 2. The van der Waals surface area contributed by atoms with Crippen molar-refractivity contribution in [3.63, 3.8) is 0 Å². The lowest BCUT2D eigenvalue weighted by Crippen LogP contribution is -2.30. The Kier molecular flexibility index (Phi) is 7.65. The topological polar surface area (TPSA) is 76.7 Å². The number of ether oxygens (including phenoxy) is 2. The molecule has 0 aromatic heterocycles. The van der Waals surface area contributed by atoms with Gasteiger partial charge in [0, 0.05) is 12.2 Å². The fourth-order valence-electron chi connectivity index (χ4n) is 3.07. The van der Waals surface area contributed by atoms with Crippen LogP contribution in [0.2, 0.25) is 0 Å². The van der Waals surface area contributed by atoms with Gasteiger partial charge in [-0.05, 0) is 49.2 Å². The molecule has 31 heavy (non-hydrogen) atoms. The molecular formula is C25H26N2O4. The Morgan fingerprint density at radius 3 is 2.39 bits per heavy atom. The number of anilines is 2. The summed E-state index contributed by atoms with van der Waals surface area (Å²) in [6.45, 7) is 2.09. The molecule has 0 aliphatic heterocycles. The summed E-state index contributed by atoms with van der Waals surface area (Å²) in [6, 6.07) is 22.5. The van der Waals surface area contributed by atoms with Crippen molar-refractivity contribution < 1.29 is 19.1 Å². The predicted molar refractivity (Wildman–Crippen MR) is 121 cm³/mol. The van der Waals surface area contributed by atoms with Crippen molar-refractivity contribution in [2.24, 2.45) is 0 Å². The van der Waals surface area contributed by atoms with E-state index in [-0.39, 0.29) is 12.5 Å². The number of hydrogen-bond acceptors (Lipinski definition) is 5. The van der Waals surface area contributed by atoms with Gasteiger partial charge in [0.25, 0.3) is 5.91 Å². The van der Waals surface area contributed by atoms with E-state index in [1.807, 2.05) is 61.5 Å². The zero-order valence-electron chi connectivity index (χ0n) is 17.7. The van der Waals surface area contributed by atoms with E-state index in [1.165, 1.54) is 0 Å². The van der Waals surface area contributed by atoms with Gasteiger partial charge < -0.3 is 20.1 Å². The van der Waals surface area contributed by atoms with Crippen LogP contribution < -0.4 is 15.4 Å². The van der Waals surface area contributed by atoms with E-state index in [0.29, 0.717) is 24.2 Å². The van der Waals surface area contributed by atoms with Gasteiger partial charge in [-0.2, -0.15) is 0 Å². The Balaban J connectivity index is 1.51. The molecule has 0 aliphatic rings. The van der Waals surface area contributed by atoms with Crippen LogP contribution in [0.1, 0.15) is 21.5 Å². The van der Waals surface area contributed by atoms with Gasteiger partial charge in [0.05, 0.1) is 18.4 Å². The summed E-state index contributed by atoms with van der Waals surface area (Å²) < 4.78 is 10.5. The lowest BCUT2D eigenvalue weighted by atomic mass is 10.1. The van der Waals surface area contributed by atoms with Crippen LogP contribution >= 0.6 is 0 Å². The van der Waals surface area contributed by atoms with E-state index in [4.69, 9.17) is 9.47 Å². The van der Waals surface area contributed by atoms with Gasteiger partial charge in [-0.1, -0.05) is 48.0 Å². The highest BCUT2D eigenvalue weighted by molar-refractivity contribution is 5.97. The lowest BCUT2D eigenvalue weighted by molar-refractivity contribution is -0.124. The Morgan fingerprint density at radius 1 is 0.903 bits per heavy atom. The molecule has 0 aliphatic carbocycles. The number of amides is 1. The molecule has 0 bridgehead atoms. The molecule has 0 heterocycles. The number of para-hydroxylation sites is 2. The van der Waals surface area contributed by atoms with Gasteiger partial charge in [-0.25, -0.2) is 4.79 Å². The highest BCUT2D eigenvalue weighted by atomic mass is 16.5. The third kappa shape index (κ3) is 6.34. The maximum atomic E-state index is 12.5. The van der Waals surface area contributed by atoms with E-state index >= 15 is 0 Å². The normalized spacial score (nSPS) is 10.3. The van der Waals surface area contributed by atoms with Crippen LogP contribution in [-0.4, -0.2) is 32.1 Å². The first kappa shape index (κ1) is 21.9. The van der Waals surface area contributed by atoms with E-state index in [9.17, 15) is 9.59 Å². The van der Waals surface area contributed by atoms with Crippen LogP contribution in [0.15, 0.2) is 72.8 Å². The molecule has 6 nitrogen and oxygen atoms in total. The van der Waals surface area contributed by atoms with Crippen LogP contribution in [0.4, 0.5) is 11.4 Å². The first-order valence-corrected chi connectivity index (χ1v) is 10.1. The summed E-state index contributed by atoms with van der Waals surface area (Å²) in [5.74, 6) is -0.136.